The third-order valence-electron chi connectivity index (χ3n) is 4.25. The zero-order valence-electron chi connectivity index (χ0n) is 16.6. The molecule has 0 radical (unpaired) electrons. The molecule has 3 aromatic heterocycles. The highest BCUT2D eigenvalue weighted by molar-refractivity contribution is 7.85. The zero-order valence-corrected chi connectivity index (χ0v) is 17.4. The molecule has 0 bridgehead atoms. The van der Waals surface area contributed by atoms with Crippen molar-refractivity contribution in [1.29, 1.82) is 5.26 Å². The highest BCUT2D eigenvalue weighted by Gasteiger charge is 2.33. The minimum atomic E-state index is -4.59. The normalized spacial score (nSPS) is 13.3. The SMILES string of the molecule is CCS(=O)c1cc(OC(C)(C)C#N)cnc1-c1nc2cc(C(F)(F)F)ncc2n1C. The first kappa shape index (κ1) is 21.7. The molecule has 7 nitrogen and oxygen atoms in total. The molecule has 158 valence electrons. The van der Waals surface area contributed by atoms with Gasteiger partial charge in [0.05, 0.1) is 39.1 Å². The van der Waals surface area contributed by atoms with Crippen molar-refractivity contribution in [2.24, 2.45) is 7.05 Å². The predicted molar refractivity (Wildman–Crippen MR) is 104 cm³/mol. The predicted octanol–water partition coefficient (Wildman–Crippen LogP) is 3.86. The van der Waals surface area contributed by atoms with Crippen molar-refractivity contribution in [3.05, 3.63) is 30.2 Å². The molecule has 0 spiro atoms. The van der Waals surface area contributed by atoms with E-state index in [1.807, 2.05) is 6.07 Å². The van der Waals surface area contributed by atoms with Gasteiger partial charge >= 0.3 is 6.18 Å². The van der Waals surface area contributed by atoms with E-state index < -0.39 is 28.3 Å². The van der Waals surface area contributed by atoms with Crippen molar-refractivity contribution in [2.75, 3.05) is 5.75 Å². The second-order valence-corrected chi connectivity index (χ2v) is 8.63. The minimum absolute atomic E-state index is 0.0933. The van der Waals surface area contributed by atoms with E-state index in [0.29, 0.717) is 10.4 Å². The molecule has 0 aromatic carbocycles. The van der Waals surface area contributed by atoms with Gasteiger partial charge in [-0.05, 0) is 19.9 Å². The average molecular weight is 437 g/mol. The lowest BCUT2D eigenvalue weighted by atomic mass is 10.2. The zero-order chi connectivity index (χ0) is 22.3. The molecule has 30 heavy (non-hydrogen) atoms. The number of fused-ring (bicyclic) bond motifs is 1. The van der Waals surface area contributed by atoms with Crippen molar-refractivity contribution in [3.8, 4) is 23.3 Å². The summed E-state index contributed by atoms with van der Waals surface area (Å²) >= 11 is 0. The molecule has 1 unspecified atom stereocenters. The van der Waals surface area contributed by atoms with Crippen LogP contribution in [0.4, 0.5) is 13.2 Å². The number of ether oxygens (including phenoxy) is 1. The van der Waals surface area contributed by atoms with Crippen LogP contribution in [0.25, 0.3) is 22.6 Å². The number of imidazole rings is 1. The monoisotopic (exact) mass is 437 g/mol. The molecule has 0 fully saturated rings. The largest absolute Gasteiger partial charge is 0.471 e. The van der Waals surface area contributed by atoms with Gasteiger partial charge in [0.15, 0.2) is 11.4 Å². The molecule has 0 N–H and O–H groups in total. The number of hydrogen-bond donors (Lipinski definition) is 0. The summed E-state index contributed by atoms with van der Waals surface area (Å²) in [7, 11) is 0.148. The molecule has 11 heteroatoms. The summed E-state index contributed by atoms with van der Waals surface area (Å²) in [6.45, 7) is 4.88. The average Bonchev–Trinajstić information content (AvgIpc) is 3.02. The summed E-state index contributed by atoms with van der Waals surface area (Å²) in [6, 6.07) is 4.38. The number of halogens is 3. The molecule has 3 aromatic rings. The van der Waals surface area contributed by atoms with Crippen LogP contribution in [0.3, 0.4) is 0 Å². The van der Waals surface area contributed by atoms with Gasteiger partial charge in [0.25, 0.3) is 0 Å². The summed E-state index contributed by atoms with van der Waals surface area (Å²) in [5.41, 5.74) is -1.45. The van der Waals surface area contributed by atoms with Gasteiger partial charge in [0.1, 0.15) is 23.2 Å². The first-order valence-electron chi connectivity index (χ1n) is 8.85. The van der Waals surface area contributed by atoms with Gasteiger partial charge < -0.3 is 9.30 Å². The Kier molecular flexibility index (Phi) is 5.56. The van der Waals surface area contributed by atoms with Crippen molar-refractivity contribution in [3.63, 3.8) is 0 Å². The van der Waals surface area contributed by atoms with E-state index in [9.17, 15) is 17.4 Å². The fourth-order valence-electron chi connectivity index (χ4n) is 2.75. The molecular formula is C19H18F3N5O2S. The topological polar surface area (TPSA) is 93.7 Å². The van der Waals surface area contributed by atoms with Gasteiger partial charge in [-0.15, -0.1) is 0 Å². The molecular weight excluding hydrogens is 419 g/mol. The van der Waals surface area contributed by atoms with Gasteiger partial charge in [0.2, 0.25) is 0 Å². The summed E-state index contributed by atoms with van der Waals surface area (Å²) in [5.74, 6) is 0.777. The van der Waals surface area contributed by atoms with E-state index in [4.69, 9.17) is 10.00 Å². The van der Waals surface area contributed by atoms with E-state index in [0.717, 1.165) is 12.3 Å². The highest BCUT2D eigenvalue weighted by Crippen LogP contribution is 2.33. The maximum atomic E-state index is 13.0. The highest BCUT2D eigenvalue weighted by atomic mass is 32.2. The van der Waals surface area contributed by atoms with Gasteiger partial charge in [-0.3, -0.25) is 4.21 Å². The first-order valence-corrected chi connectivity index (χ1v) is 10.2. The number of pyridine rings is 2. The van der Waals surface area contributed by atoms with Crippen LogP contribution in [-0.2, 0) is 24.0 Å². The molecule has 0 aliphatic carbocycles. The number of rotatable bonds is 5. The Morgan fingerprint density at radius 2 is 1.93 bits per heavy atom. The molecule has 0 aliphatic rings. The molecule has 0 amide bonds. The van der Waals surface area contributed by atoms with Crippen LogP contribution in [0.1, 0.15) is 26.5 Å². The van der Waals surface area contributed by atoms with Gasteiger partial charge in [-0.1, -0.05) is 6.92 Å². The van der Waals surface area contributed by atoms with Gasteiger partial charge in [-0.25, -0.2) is 15.0 Å². The number of alkyl halides is 3. The number of hydrogen-bond acceptors (Lipinski definition) is 6. The third-order valence-corrected chi connectivity index (χ3v) is 5.57. The Hall–Kier alpha value is -3.00. The van der Waals surface area contributed by atoms with Gasteiger partial charge in [-0.2, -0.15) is 18.4 Å². The number of aryl methyl sites for hydroxylation is 1. The van der Waals surface area contributed by atoms with Crippen LogP contribution < -0.4 is 4.74 Å². The molecule has 1 atom stereocenters. The van der Waals surface area contributed by atoms with Gasteiger partial charge in [0, 0.05) is 18.9 Å². The second kappa shape index (κ2) is 7.68. The Bertz CT molecular complexity index is 1180. The standard InChI is InChI=1S/C19H18F3N5O2S/c1-5-30(28)14-6-11(29-18(2,3)10-23)8-25-16(14)17-26-12-7-15(19(20,21)22)24-9-13(12)27(17)4/h6-9H,5H2,1-4H3. The minimum Gasteiger partial charge on any atom is -0.471 e. The van der Waals surface area contributed by atoms with Crippen molar-refractivity contribution in [1.82, 2.24) is 19.5 Å². The van der Waals surface area contributed by atoms with Crippen LogP contribution in [0.5, 0.6) is 5.75 Å². The van der Waals surface area contributed by atoms with E-state index in [2.05, 4.69) is 15.0 Å². The lowest BCUT2D eigenvalue weighted by Gasteiger charge is -2.19. The molecule has 3 heterocycles. The summed E-state index contributed by atoms with van der Waals surface area (Å²) in [6.07, 6.45) is -2.13. The summed E-state index contributed by atoms with van der Waals surface area (Å²) in [5, 5.41) is 9.15. The number of nitriles is 1. The van der Waals surface area contributed by atoms with Crippen molar-refractivity contribution in [2.45, 2.75) is 37.4 Å². The molecule has 0 saturated carbocycles. The first-order chi connectivity index (χ1) is 14.0. The lowest BCUT2D eigenvalue weighted by molar-refractivity contribution is -0.141. The van der Waals surface area contributed by atoms with Crippen molar-refractivity contribution < 1.29 is 22.1 Å². The number of nitrogens with zero attached hydrogens (tertiary/aromatic N) is 5. The second-order valence-electron chi connectivity index (χ2n) is 6.93. The third kappa shape index (κ3) is 4.14. The maximum Gasteiger partial charge on any atom is 0.433 e. The molecule has 3 rings (SSSR count). The van der Waals surface area contributed by atoms with Crippen LogP contribution in [0.15, 0.2) is 29.4 Å². The van der Waals surface area contributed by atoms with E-state index in [1.165, 1.54) is 12.3 Å². The smallest absolute Gasteiger partial charge is 0.433 e. The Labute approximate surface area is 173 Å². The van der Waals surface area contributed by atoms with E-state index in [1.54, 1.807) is 32.4 Å². The Morgan fingerprint density at radius 1 is 1.23 bits per heavy atom. The lowest BCUT2D eigenvalue weighted by Crippen LogP contribution is -2.25. The van der Waals surface area contributed by atoms with E-state index in [-0.39, 0.29) is 28.5 Å². The van der Waals surface area contributed by atoms with Crippen LogP contribution in [0, 0.1) is 11.3 Å². The Morgan fingerprint density at radius 3 is 2.53 bits per heavy atom. The fraction of sp³-hybridized carbons (Fsp3) is 0.368. The molecule has 0 saturated heterocycles. The van der Waals surface area contributed by atoms with Crippen molar-refractivity contribution >= 4 is 21.8 Å². The van der Waals surface area contributed by atoms with E-state index >= 15 is 0 Å². The molecule has 0 aliphatic heterocycles. The van der Waals surface area contributed by atoms with Crippen LogP contribution >= 0.6 is 0 Å². The fourth-order valence-corrected chi connectivity index (χ4v) is 3.67. The summed E-state index contributed by atoms with van der Waals surface area (Å²) < 4.78 is 58.8. The van der Waals surface area contributed by atoms with Crippen LogP contribution in [0.2, 0.25) is 0 Å². The van der Waals surface area contributed by atoms with Crippen LogP contribution in [-0.4, -0.2) is 35.1 Å². The maximum absolute atomic E-state index is 13.0. The number of aromatic nitrogens is 4. The Balaban J connectivity index is 2.17. The quantitative estimate of drug-likeness (QED) is 0.602. The summed E-state index contributed by atoms with van der Waals surface area (Å²) in [4.78, 5) is 12.4.